The largest absolute Gasteiger partial charge is 0.134 e. The fourth-order valence-corrected chi connectivity index (χ4v) is 1.48. The van der Waals surface area contributed by atoms with Crippen molar-refractivity contribution in [2.45, 2.75) is 24.7 Å². The predicted octanol–water partition coefficient (Wildman–Crippen LogP) is 2.74. The summed E-state index contributed by atoms with van der Waals surface area (Å²) in [6.45, 7) is 2.23. The van der Waals surface area contributed by atoms with E-state index in [1.54, 1.807) is 0 Å². The highest BCUT2D eigenvalue weighted by Crippen LogP contribution is 2.18. The standard InChI is InChI=1S/C10H16P2/c1-8(11)10(12)7-9-5-3-2-4-6-9/h2-6,8,10H,7,11-12H2,1H3. The Hall–Kier alpha value is 0.0800. The minimum absolute atomic E-state index is 0.662. The van der Waals surface area contributed by atoms with Crippen molar-refractivity contribution >= 4 is 18.5 Å². The summed E-state index contributed by atoms with van der Waals surface area (Å²) in [7, 11) is 5.75. The average molecular weight is 198 g/mol. The number of benzene rings is 1. The van der Waals surface area contributed by atoms with E-state index < -0.39 is 0 Å². The van der Waals surface area contributed by atoms with Crippen molar-refractivity contribution in [3.63, 3.8) is 0 Å². The quantitative estimate of drug-likeness (QED) is 0.655. The van der Waals surface area contributed by atoms with Crippen molar-refractivity contribution in [2.24, 2.45) is 0 Å². The molecule has 0 aromatic heterocycles. The van der Waals surface area contributed by atoms with E-state index >= 15 is 0 Å². The first-order valence-electron chi connectivity index (χ1n) is 4.25. The molecular weight excluding hydrogens is 182 g/mol. The van der Waals surface area contributed by atoms with Crippen molar-refractivity contribution in [3.8, 4) is 0 Å². The van der Waals surface area contributed by atoms with Gasteiger partial charge in [-0.25, -0.2) is 0 Å². The zero-order valence-electron chi connectivity index (χ0n) is 7.40. The monoisotopic (exact) mass is 198 g/mol. The van der Waals surface area contributed by atoms with Gasteiger partial charge in [0.2, 0.25) is 0 Å². The first-order chi connectivity index (χ1) is 5.70. The maximum Gasteiger partial charge on any atom is -0.0163 e. The molecule has 0 amide bonds. The van der Waals surface area contributed by atoms with E-state index in [1.165, 1.54) is 5.56 Å². The highest BCUT2D eigenvalue weighted by Gasteiger charge is 2.07. The lowest BCUT2D eigenvalue weighted by Crippen LogP contribution is -2.12. The molecule has 4 atom stereocenters. The average Bonchev–Trinajstić information content (AvgIpc) is 2.06. The van der Waals surface area contributed by atoms with Crippen LogP contribution in [-0.4, -0.2) is 11.3 Å². The van der Waals surface area contributed by atoms with Gasteiger partial charge in [0, 0.05) is 0 Å². The van der Waals surface area contributed by atoms with Gasteiger partial charge in [-0.05, 0) is 23.3 Å². The van der Waals surface area contributed by atoms with Crippen molar-refractivity contribution in [2.75, 3.05) is 0 Å². The minimum Gasteiger partial charge on any atom is -0.134 e. The summed E-state index contributed by atoms with van der Waals surface area (Å²) in [6.07, 6.45) is 1.15. The molecule has 4 unspecified atom stereocenters. The SMILES string of the molecule is CC(P)C(P)Cc1ccccc1. The molecule has 1 aromatic carbocycles. The van der Waals surface area contributed by atoms with Crippen molar-refractivity contribution < 1.29 is 0 Å². The highest BCUT2D eigenvalue weighted by atomic mass is 31.0. The van der Waals surface area contributed by atoms with Gasteiger partial charge in [0.25, 0.3) is 0 Å². The molecule has 0 aliphatic heterocycles. The first kappa shape index (κ1) is 10.2. The molecule has 0 heterocycles. The first-order valence-corrected chi connectivity index (χ1v) is 5.58. The third-order valence-corrected chi connectivity index (χ3v) is 3.77. The van der Waals surface area contributed by atoms with Crippen LogP contribution in [0, 0.1) is 0 Å². The molecule has 0 aliphatic carbocycles. The number of rotatable bonds is 3. The van der Waals surface area contributed by atoms with Crippen LogP contribution in [0.2, 0.25) is 0 Å². The van der Waals surface area contributed by atoms with Gasteiger partial charge in [-0.2, -0.15) is 0 Å². The van der Waals surface area contributed by atoms with Gasteiger partial charge in [-0.3, -0.25) is 0 Å². The van der Waals surface area contributed by atoms with Crippen LogP contribution in [0.5, 0.6) is 0 Å². The summed E-state index contributed by atoms with van der Waals surface area (Å²) in [5.41, 5.74) is 2.75. The molecule has 0 spiro atoms. The lowest BCUT2D eigenvalue weighted by molar-refractivity contribution is 0.833. The summed E-state index contributed by atoms with van der Waals surface area (Å²) in [4.78, 5) is 0. The Kier molecular flexibility index (Phi) is 4.19. The Morgan fingerprint density at radius 3 is 2.25 bits per heavy atom. The molecule has 0 radical (unpaired) electrons. The summed E-state index contributed by atoms with van der Waals surface area (Å²) in [5.74, 6) is 0. The van der Waals surface area contributed by atoms with Gasteiger partial charge < -0.3 is 0 Å². The van der Waals surface area contributed by atoms with Crippen LogP contribution in [0.25, 0.3) is 0 Å². The molecule has 12 heavy (non-hydrogen) atoms. The third-order valence-electron chi connectivity index (χ3n) is 1.99. The molecular formula is C10H16P2. The molecule has 0 nitrogen and oxygen atoms in total. The second kappa shape index (κ2) is 4.95. The van der Waals surface area contributed by atoms with Crippen molar-refractivity contribution in [1.82, 2.24) is 0 Å². The molecule has 1 aromatic rings. The molecule has 0 saturated carbocycles. The molecule has 0 bridgehead atoms. The van der Waals surface area contributed by atoms with Gasteiger partial charge in [-0.1, -0.05) is 37.3 Å². The Morgan fingerprint density at radius 1 is 1.17 bits per heavy atom. The maximum absolute atomic E-state index is 2.90. The van der Waals surface area contributed by atoms with Crippen LogP contribution >= 0.6 is 18.5 Å². The van der Waals surface area contributed by atoms with E-state index in [9.17, 15) is 0 Å². The molecule has 66 valence electrons. The van der Waals surface area contributed by atoms with E-state index in [0.29, 0.717) is 11.3 Å². The zero-order chi connectivity index (χ0) is 8.97. The summed E-state index contributed by atoms with van der Waals surface area (Å²) >= 11 is 0. The van der Waals surface area contributed by atoms with Gasteiger partial charge in [-0.15, -0.1) is 18.5 Å². The van der Waals surface area contributed by atoms with Crippen LogP contribution in [0.3, 0.4) is 0 Å². The minimum atomic E-state index is 0.662. The van der Waals surface area contributed by atoms with Gasteiger partial charge in [0.15, 0.2) is 0 Å². The third kappa shape index (κ3) is 3.21. The predicted molar refractivity (Wildman–Crippen MR) is 62.8 cm³/mol. The highest BCUT2D eigenvalue weighted by molar-refractivity contribution is 7.23. The van der Waals surface area contributed by atoms with E-state index in [0.717, 1.165) is 6.42 Å². The summed E-state index contributed by atoms with van der Waals surface area (Å²) < 4.78 is 0. The molecule has 0 fully saturated rings. The topological polar surface area (TPSA) is 0 Å². The second-order valence-electron chi connectivity index (χ2n) is 3.21. The Balaban J connectivity index is 2.53. The Bertz CT molecular complexity index is 219. The zero-order valence-corrected chi connectivity index (χ0v) is 9.71. The fourth-order valence-electron chi connectivity index (χ4n) is 1.07. The molecule has 0 saturated heterocycles. The Labute approximate surface area is 79.6 Å². The van der Waals surface area contributed by atoms with E-state index in [2.05, 4.69) is 55.7 Å². The van der Waals surface area contributed by atoms with E-state index in [4.69, 9.17) is 0 Å². The van der Waals surface area contributed by atoms with Gasteiger partial charge in [0.05, 0.1) is 0 Å². The van der Waals surface area contributed by atoms with Gasteiger partial charge in [0.1, 0.15) is 0 Å². The smallest absolute Gasteiger partial charge is 0.0163 e. The van der Waals surface area contributed by atoms with Crippen LogP contribution in [-0.2, 0) is 6.42 Å². The molecule has 1 rings (SSSR count). The van der Waals surface area contributed by atoms with Crippen LogP contribution < -0.4 is 0 Å². The van der Waals surface area contributed by atoms with Gasteiger partial charge >= 0.3 is 0 Å². The number of hydrogen-bond acceptors (Lipinski definition) is 0. The molecule has 0 N–H and O–H groups in total. The van der Waals surface area contributed by atoms with Crippen LogP contribution in [0.1, 0.15) is 12.5 Å². The van der Waals surface area contributed by atoms with E-state index in [-0.39, 0.29) is 0 Å². The lowest BCUT2D eigenvalue weighted by atomic mass is 10.1. The maximum atomic E-state index is 2.90. The molecule has 2 heteroatoms. The number of hydrogen-bond donors (Lipinski definition) is 0. The second-order valence-corrected chi connectivity index (χ2v) is 5.12. The van der Waals surface area contributed by atoms with E-state index in [1.807, 2.05) is 0 Å². The normalized spacial score (nSPS) is 15.6. The van der Waals surface area contributed by atoms with Crippen molar-refractivity contribution in [1.29, 1.82) is 0 Å². The van der Waals surface area contributed by atoms with Crippen LogP contribution in [0.4, 0.5) is 0 Å². The van der Waals surface area contributed by atoms with Crippen LogP contribution in [0.15, 0.2) is 30.3 Å². The Morgan fingerprint density at radius 2 is 1.75 bits per heavy atom. The molecule has 0 aliphatic rings. The fraction of sp³-hybridized carbons (Fsp3) is 0.400. The lowest BCUT2D eigenvalue weighted by Gasteiger charge is -2.14. The summed E-state index contributed by atoms with van der Waals surface area (Å²) in [5, 5.41) is 0. The summed E-state index contributed by atoms with van der Waals surface area (Å²) in [6, 6.07) is 10.6. The van der Waals surface area contributed by atoms with Crippen molar-refractivity contribution in [3.05, 3.63) is 35.9 Å².